The second-order valence-electron chi connectivity index (χ2n) is 6.73. The summed E-state index contributed by atoms with van der Waals surface area (Å²) in [5.74, 6) is 0.510. The summed E-state index contributed by atoms with van der Waals surface area (Å²) in [5, 5.41) is 3.88. The fraction of sp³-hybridized carbons (Fsp3) is 0. The minimum Gasteiger partial charge on any atom is -0.455 e. The first kappa shape index (κ1) is 21.7. The molecule has 10 nitrogen and oxygen atoms in total. The maximum absolute atomic E-state index is 12.5. The molecule has 4 N–H and O–H groups in total. The molecule has 2 aromatic heterocycles. The van der Waals surface area contributed by atoms with Gasteiger partial charge >= 0.3 is 0 Å². The van der Waals surface area contributed by atoms with E-state index in [-0.39, 0.29) is 16.8 Å². The lowest BCUT2D eigenvalue weighted by Crippen LogP contribution is -2.17. The molecule has 0 saturated carbocycles. The third kappa shape index (κ3) is 5.40. The van der Waals surface area contributed by atoms with Crippen LogP contribution in [0.1, 0.15) is 16.1 Å². The predicted octanol–water partition coefficient (Wildman–Crippen LogP) is 2.88. The Kier molecular flexibility index (Phi) is 6.13. The number of aromatic nitrogens is 2. The number of carbonyl (C=O) groups excluding carboxylic acids is 1. The van der Waals surface area contributed by atoms with Gasteiger partial charge in [-0.3, -0.25) is 4.79 Å². The number of carbonyl (C=O) groups is 1. The van der Waals surface area contributed by atoms with Crippen LogP contribution in [0, 0.1) is 0 Å². The Morgan fingerprint density at radius 2 is 1.67 bits per heavy atom. The van der Waals surface area contributed by atoms with Crippen molar-refractivity contribution in [3.63, 3.8) is 0 Å². The molecule has 0 unspecified atom stereocenters. The van der Waals surface area contributed by atoms with Crippen molar-refractivity contribution < 1.29 is 17.6 Å². The first-order valence-electron chi connectivity index (χ1n) is 9.60. The SMILES string of the molecule is Nc1ccc(C(=O)NN=Cc2ccc(-c3ccc(S(=O)(=O)Nc4ncccn4)cc3)o2)cc1. The molecule has 166 valence electrons. The minimum atomic E-state index is -3.83. The Morgan fingerprint density at radius 3 is 2.36 bits per heavy atom. The highest BCUT2D eigenvalue weighted by atomic mass is 32.2. The highest BCUT2D eigenvalue weighted by Crippen LogP contribution is 2.24. The summed E-state index contributed by atoms with van der Waals surface area (Å²) in [5.41, 5.74) is 9.65. The first-order chi connectivity index (χ1) is 15.9. The second-order valence-corrected chi connectivity index (χ2v) is 8.41. The van der Waals surface area contributed by atoms with Crippen LogP contribution in [0.25, 0.3) is 11.3 Å². The van der Waals surface area contributed by atoms with Crippen LogP contribution in [0.15, 0.2) is 93.5 Å². The number of anilines is 2. The lowest BCUT2D eigenvalue weighted by atomic mass is 10.2. The lowest BCUT2D eigenvalue weighted by Gasteiger charge is -2.06. The maximum atomic E-state index is 12.5. The van der Waals surface area contributed by atoms with Gasteiger partial charge in [0.25, 0.3) is 15.9 Å². The van der Waals surface area contributed by atoms with Gasteiger partial charge in [-0.1, -0.05) is 0 Å². The van der Waals surface area contributed by atoms with E-state index in [4.69, 9.17) is 10.2 Å². The van der Waals surface area contributed by atoms with E-state index in [1.54, 1.807) is 54.6 Å². The number of hydrogen-bond donors (Lipinski definition) is 3. The maximum Gasteiger partial charge on any atom is 0.271 e. The molecule has 0 aliphatic heterocycles. The monoisotopic (exact) mass is 462 g/mol. The van der Waals surface area contributed by atoms with Crippen LogP contribution in [0.4, 0.5) is 11.6 Å². The van der Waals surface area contributed by atoms with Gasteiger partial charge in [0.15, 0.2) is 0 Å². The lowest BCUT2D eigenvalue weighted by molar-refractivity contribution is 0.0955. The molecule has 0 radical (unpaired) electrons. The van der Waals surface area contributed by atoms with E-state index in [1.165, 1.54) is 30.7 Å². The number of hydrogen-bond acceptors (Lipinski definition) is 8. The van der Waals surface area contributed by atoms with Gasteiger partial charge in [0.1, 0.15) is 11.5 Å². The molecule has 0 fully saturated rings. The average Bonchev–Trinajstić information content (AvgIpc) is 3.29. The number of nitrogens with zero attached hydrogens (tertiary/aromatic N) is 3. The summed E-state index contributed by atoms with van der Waals surface area (Å²) in [4.78, 5) is 19.8. The molecule has 4 aromatic rings. The molecule has 4 rings (SSSR count). The van der Waals surface area contributed by atoms with Gasteiger partial charge in [0, 0.05) is 29.2 Å². The normalized spacial score (nSPS) is 11.4. The largest absolute Gasteiger partial charge is 0.455 e. The zero-order chi connectivity index (χ0) is 23.3. The van der Waals surface area contributed by atoms with E-state index < -0.39 is 10.0 Å². The molecule has 1 amide bonds. The molecule has 33 heavy (non-hydrogen) atoms. The molecule has 0 spiro atoms. The average molecular weight is 462 g/mol. The molecular formula is C22H18N6O4S. The molecule has 0 saturated heterocycles. The summed E-state index contributed by atoms with van der Waals surface area (Å²) >= 11 is 0. The number of nitrogen functional groups attached to an aromatic ring is 1. The van der Waals surface area contributed by atoms with E-state index in [9.17, 15) is 13.2 Å². The molecule has 0 atom stereocenters. The van der Waals surface area contributed by atoms with Crippen molar-refractivity contribution in [2.24, 2.45) is 5.10 Å². The van der Waals surface area contributed by atoms with Gasteiger partial charge in [-0.25, -0.2) is 28.5 Å². The molecule has 0 aliphatic rings. The Labute approximate surface area is 189 Å². The second kappa shape index (κ2) is 9.32. The van der Waals surface area contributed by atoms with Crippen molar-refractivity contribution in [1.82, 2.24) is 15.4 Å². The van der Waals surface area contributed by atoms with Crippen molar-refractivity contribution in [2.45, 2.75) is 4.90 Å². The van der Waals surface area contributed by atoms with Crippen LogP contribution >= 0.6 is 0 Å². The number of furan rings is 1. The number of nitrogens with two attached hydrogens (primary N) is 1. The van der Waals surface area contributed by atoms with Crippen LogP contribution in [0.5, 0.6) is 0 Å². The number of hydrazone groups is 1. The van der Waals surface area contributed by atoms with E-state index in [0.29, 0.717) is 28.3 Å². The van der Waals surface area contributed by atoms with Gasteiger partial charge < -0.3 is 10.2 Å². The zero-order valence-electron chi connectivity index (χ0n) is 17.0. The summed E-state index contributed by atoms with van der Waals surface area (Å²) in [6, 6.07) is 17.5. The summed E-state index contributed by atoms with van der Waals surface area (Å²) in [6.07, 6.45) is 4.24. The smallest absolute Gasteiger partial charge is 0.271 e. The topological polar surface area (TPSA) is 153 Å². The first-order valence-corrected chi connectivity index (χ1v) is 11.1. The van der Waals surface area contributed by atoms with Crippen molar-refractivity contribution in [3.8, 4) is 11.3 Å². The minimum absolute atomic E-state index is 0.0139. The van der Waals surface area contributed by atoms with E-state index in [2.05, 4.69) is 25.2 Å². The number of amides is 1. The number of nitrogens with one attached hydrogen (secondary N) is 2. The van der Waals surface area contributed by atoms with Crippen LogP contribution in [-0.4, -0.2) is 30.5 Å². The van der Waals surface area contributed by atoms with E-state index >= 15 is 0 Å². The van der Waals surface area contributed by atoms with Crippen LogP contribution in [0.3, 0.4) is 0 Å². The fourth-order valence-electron chi connectivity index (χ4n) is 2.76. The van der Waals surface area contributed by atoms with Gasteiger partial charge in [-0.2, -0.15) is 5.10 Å². The highest BCUT2D eigenvalue weighted by molar-refractivity contribution is 7.92. The number of rotatable bonds is 7. The molecule has 2 aromatic carbocycles. The zero-order valence-corrected chi connectivity index (χ0v) is 17.9. The fourth-order valence-corrected chi connectivity index (χ4v) is 3.72. The molecule has 0 bridgehead atoms. The van der Waals surface area contributed by atoms with Crippen molar-refractivity contribution in [1.29, 1.82) is 0 Å². The van der Waals surface area contributed by atoms with Crippen molar-refractivity contribution >= 4 is 33.8 Å². The van der Waals surface area contributed by atoms with Gasteiger partial charge in [-0.05, 0) is 66.7 Å². The predicted molar refractivity (Wildman–Crippen MR) is 123 cm³/mol. The molecule has 0 aliphatic carbocycles. The Morgan fingerprint density at radius 1 is 0.970 bits per heavy atom. The standard InChI is InChI=1S/C22H18N6O4S/c23-17-6-2-16(3-7-17)21(29)27-26-14-18-8-11-20(32-18)15-4-9-19(10-5-15)33(30,31)28-22-24-12-1-13-25-22/h1-14H,23H2,(H,27,29)(H,24,25,28). The summed E-state index contributed by atoms with van der Waals surface area (Å²) < 4.78 is 33.0. The Balaban J connectivity index is 1.40. The van der Waals surface area contributed by atoms with Crippen LogP contribution < -0.4 is 15.9 Å². The Bertz CT molecular complexity index is 1380. The van der Waals surface area contributed by atoms with Crippen LogP contribution in [0.2, 0.25) is 0 Å². The van der Waals surface area contributed by atoms with Gasteiger partial charge in [0.05, 0.1) is 11.1 Å². The Hall–Kier alpha value is -4.51. The third-order valence-electron chi connectivity index (χ3n) is 4.40. The van der Waals surface area contributed by atoms with E-state index in [1.807, 2.05) is 0 Å². The van der Waals surface area contributed by atoms with Crippen LogP contribution in [-0.2, 0) is 10.0 Å². The van der Waals surface area contributed by atoms with Crippen molar-refractivity contribution in [2.75, 3.05) is 10.5 Å². The summed E-state index contributed by atoms with van der Waals surface area (Å²) in [6.45, 7) is 0. The molecule has 11 heteroatoms. The van der Waals surface area contributed by atoms with Crippen molar-refractivity contribution in [3.05, 3.63) is 90.4 Å². The number of benzene rings is 2. The summed E-state index contributed by atoms with van der Waals surface area (Å²) in [7, 11) is -3.83. The quantitative estimate of drug-likeness (QED) is 0.217. The number of sulfonamides is 1. The third-order valence-corrected chi connectivity index (χ3v) is 5.74. The van der Waals surface area contributed by atoms with Gasteiger partial charge in [-0.15, -0.1) is 0 Å². The van der Waals surface area contributed by atoms with Gasteiger partial charge in [0.2, 0.25) is 5.95 Å². The molecule has 2 heterocycles. The highest BCUT2D eigenvalue weighted by Gasteiger charge is 2.16. The van der Waals surface area contributed by atoms with E-state index in [0.717, 1.165) is 0 Å². The molecular weight excluding hydrogens is 444 g/mol.